The van der Waals surface area contributed by atoms with Crippen molar-refractivity contribution in [3.05, 3.63) is 59.2 Å². The van der Waals surface area contributed by atoms with E-state index in [9.17, 15) is 4.79 Å². The monoisotopic (exact) mass is 384 g/mol. The Bertz CT molecular complexity index is 1040. The standard InChI is InChI=1S/C25H24N2O2/c26-13-15-3-1-4-19(9-15)27-22(28)14-29-21-6-2-5-20-23-17-7-16-8-18(23)12-25(10-16,11-17)24(20)21/h1-6,9,16-18,23H,7-8,10-12,14H2,(H,27,28). The highest BCUT2D eigenvalue weighted by Crippen LogP contribution is 2.71. The Morgan fingerprint density at radius 2 is 1.93 bits per heavy atom. The van der Waals surface area contributed by atoms with E-state index in [2.05, 4.69) is 23.5 Å². The molecule has 0 aromatic heterocycles. The van der Waals surface area contributed by atoms with E-state index in [1.807, 2.05) is 6.07 Å². The topological polar surface area (TPSA) is 62.1 Å². The van der Waals surface area contributed by atoms with Crippen LogP contribution in [0.1, 0.15) is 54.7 Å². The summed E-state index contributed by atoms with van der Waals surface area (Å²) in [6.07, 6.45) is 6.75. The molecule has 0 heterocycles. The number of benzene rings is 2. The number of nitrogens with one attached hydrogen (secondary N) is 1. The highest BCUT2D eigenvalue weighted by Gasteiger charge is 2.61. The van der Waals surface area contributed by atoms with Crippen molar-refractivity contribution in [2.24, 2.45) is 17.8 Å². The molecule has 2 atom stereocenters. The molecule has 1 amide bonds. The largest absolute Gasteiger partial charge is 0.483 e. The summed E-state index contributed by atoms with van der Waals surface area (Å²) in [5.41, 5.74) is 4.37. The van der Waals surface area contributed by atoms with Gasteiger partial charge in [-0.2, -0.15) is 5.26 Å². The Hall–Kier alpha value is -2.80. The first-order valence-electron chi connectivity index (χ1n) is 10.7. The lowest BCUT2D eigenvalue weighted by atomic mass is 9.39. The molecule has 0 saturated heterocycles. The summed E-state index contributed by atoms with van der Waals surface area (Å²) in [7, 11) is 0. The third-order valence-corrected chi connectivity index (χ3v) is 7.86. The molecule has 2 unspecified atom stereocenters. The molecule has 6 aliphatic carbocycles. The maximum atomic E-state index is 12.5. The Kier molecular flexibility index (Phi) is 3.59. The van der Waals surface area contributed by atoms with Crippen LogP contribution in [0.2, 0.25) is 0 Å². The lowest BCUT2D eigenvalue weighted by Crippen LogP contribution is -2.56. The molecule has 2 aromatic rings. The summed E-state index contributed by atoms with van der Waals surface area (Å²) in [5, 5.41) is 11.9. The van der Waals surface area contributed by atoms with E-state index in [1.54, 1.807) is 24.3 Å². The first-order chi connectivity index (χ1) is 14.1. The Balaban J connectivity index is 1.24. The average molecular weight is 384 g/mol. The normalized spacial score (nSPS) is 32.5. The number of carbonyl (C=O) groups excluding carboxylic acids is 1. The Morgan fingerprint density at radius 1 is 1.14 bits per heavy atom. The summed E-state index contributed by atoms with van der Waals surface area (Å²) >= 11 is 0. The number of anilines is 1. The van der Waals surface area contributed by atoms with Crippen LogP contribution < -0.4 is 10.1 Å². The van der Waals surface area contributed by atoms with Crippen LogP contribution in [-0.2, 0) is 10.2 Å². The van der Waals surface area contributed by atoms with Crippen molar-refractivity contribution in [3.63, 3.8) is 0 Å². The zero-order valence-electron chi connectivity index (χ0n) is 16.4. The molecule has 146 valence electrons. The van der Waals surface area contributed by atoms with Gasteiger partial charge in [0.05, 0.1) is 11.6 Å². The molecule has 0 radical (unpaired) electrons. The van der Waals surface area contributed by atoms with Gasteiger partial charge in [-0.1, -0.05) is 18.2 Å². The third-order valence-electron chi connectivity index (χ3n) is 7.86. The fraction of sp³-hybridized carbons (Fsp3) is 0.440. The zero-order chi connectivity index (χ0) is 19.6. The van der Waals surface area contributed by atoms with Gasteiger partial charge in [-0.25, -0.2) is 0 Å². The molecule has 2 aromatic carbocycles. The maximum Gasteiger partial charge on any atom is 0.262 e. The van der Waals surface area contributed by atoms with Gasteiger partial charge in [-0.05, 0) is 85.6 Å². The number of nitrogens with zero attached hydrogens (tertiary/aromatic N) is 1. The van der Waals surface area contributed by atoms with Crippen molar-refractivity contribution in [2.75, 3.05) is 11.9 Å². The molecule has 6 aliphatic rings. The number of nitriles is 1. The molecular formula is C25H24N2O2. The molecule has 5 bridgehead atoms. The van der Waals surface area contributed by atoms with Crippen molar-refractivity contribution in [3.8, 4) is 11.8 Å². The van der Waals surface area contributed by atoms with Gasteiger partial charge in [0.15, 0.2) is 6.61 Å². The minimum Gasteiger partial charge on any atom is -0.483 e. The SMILES string of the molecule is N#Cc1cccc(NC(=O)COc2cccc3c2C24CC5CC(C2)C3C(C5)C4)c1. The number of hydrogen-bond acceptors (Lipinski definition) is 3. The quantitative estimate of drug-likeness (QED) is 0.827. The Labute approximate surface area is 170 Å². The molecule has 1 spiro atoms. The van der Waals surface area contributed by atoms with Crippen LogP contribution in [-0.4, -0.2) is 12.5 Å². The summed E-state index contributed by atoms with van der Waals surface area (Å²) in [6, 6.07) is 15.5. The van der Waals surface area contributed by atoms with Crippen molar-refractivity contribution in [2.45, 2.75) is 43.4 Å². The van der Waals surface area contributed by atoms with E-state index in [0.29, 0.717) is 17.2 Å². The predicted molar refractivity (Wildman–Crippen MR) is 110 cm³/mol. The first-order valence-corrected chi connectivity index (χ1v) is 10.7. The average Bonchev–Trinajstić information content (AvgIpc) is 2.71. The van der Waals surface area contributed by atoms with Crippen molar-refractivity contribution >= 4 is 11.6 Å². The van der Waals surface area contributed by atoms with Gasteiger partial charge in [0, 0.05) is 16.7 Å². The van der Waals surface area contributed by atoms with Crippen LogP contribution in [0.25, 0.3) is 0 Å². The van der Waals surface area contributed by atoms with Gasteiger partial charge in [-0.3, -0.25) is 4.79 Å². The number of hydrogen-bond donors (Lipinski definition) is 1. The van der Waals surface area contributed by atoms with Crippen molar-refractivity contribution in [1.29, 1.82) is 5.26 Å². The van der Waals surface area contributed by atoms with E-state index in [4.69, 9.17) is 10.00 Å². The highest BCUT2D eigenvalue weighted by molar-refractivity contribution is 5.92. The molecule has 4 saturated carbocycles. The van der Waals surface area contributed by atoms with Crippen LogP contribution in [0.3, 0.4) is 0 Å². The molecule has 4 heteroatoms. The summed E-state index contributed by atoms with van der Waals surface area (Å²) < 4.78 is 6.11. The molecule has 8 rings (SSSR count). The van der Waals surface area contributed by atoms with Crippen molar-refractivity contribution < 1.29 is 9.53 Å². The van der Waals surface area contributed by atoms with Crippen LogP contribution in [0.4, 0.5) is 5.69 Å². The van der Waals surface area contributed by atoms with Crippen LogP contribution >= 0.6 is 0 Å². The third kappa shape index (κ3) is 2.53. The number of rotatable bonds is 4. The number of carbonyl (C=O) groups is 1. The highest BCUT2D eigenvalue weighted by atomic mass is 16.5. The van der Waals surface area contributed by atoms with Gasteiger partial charge in [0.2, 0.25) is 0 Å². The Morgan fingerprint density at radius 3 is 2.72 bits per heavy atom. The van der Waals surface area contributed by atoms with E-state index in [1.165, 1.54) is 43.2 Å². The zero-order valence-corrected chi connectivity index (χ0v) is 16.4. The smallest absolute Gasteiger partial charge is 0.262 e. The maximum absolute atomic E-state index is 12.5. The fourth-order valence-electron chi connectivity index (χ4n) is 7.36. The van der Waals surface area contributed by atoms with E-state index >= 15 is 0 Å². The fourth-order valence-corrected chi connectivity index (χ4v) is 7.36. The summed E-state index contributed by atoms with van der Waals surface area (Å²) in [5.74, 6) is 4.03. The predicted octanol–water partition coefficient (Wildman–Crippen LogP) is 4.75. The van der Waals surface area contributed by atoms with Gasteiger partial charge in [0.1, 0.15) is 5.75 Å². The van der Waals surface area contributed by atoms with Gasteiger partial charge in [-0.15, -0.1) is 0 Å². The van der Waals surface area contributed by atoms with Crippen LogP contribution in [0.15, 0.2) is 42.5 Å². The minimum absolute atomic E-state index is 0.00966. The number of amides is 1. The first kappa shape index (κ1) is 17.1. The van der Waals surface area contributed by atoms with E-state index in [-0.39, 0.29) is 17.9 Å². The van der Waals surface area contributed by atoms with Crippen LogP contribution in [0, 0.1) is 29.1 Å². The number of ether oxygens (including phenoxy) is 1. The van der Waals surface area contributed by atoms with Crippen LogP contribution in [0.5, 0.6) is 5.75 Å². The molecular weight excluding hydrogens is 360 g/mol. The molecule has 4 fully saturated rings. The lowest BCUT2D eigenvalue weighted by molar-refractivity contribution is -0.118. The molecule has 29 heavy (non-hydrogen) atoms. The minimum atomic E-state index is -0.194. The lowest BCUT2D eigenvalue weighted by Gasteiger charge is -2.65. The van der Waals surface area contributed by atoms with Gasteiger partial charge in [0.25, 0.3) is 5.91 Å². The second-order valence-electron chi connectivity index (χ2n) is 9.53. The second-order valence-corrected chi connectivity index (χ2v) is 9.53. The summed E-state index contributed by atoms with van der Waals surface area (Å²) in [6.45, 7) is -0.00966. The summed E-state index contributed by atoms with van der Waals surface area (Å²) in [4.78, 5) is 12.5. The van der Waals surface area contributed by atoms with Gasteiger partial charge < -0.3 is 10.1 Å². The second kappa shape index (κ2) is 6.10. The molecule has 0 aliphatic heterocycles. The molecule has 1 N–H and O–H groups in total. The van der Waals surface area contributed by atoms with E-state index in [0.717, 1.165) is 23.5 Å². The molecule has 4 nitrogen and oxygen atoms in total. The van der Waals surface area contributed by atoms with Crippen molar-refractivity contribution in [1.82, 2.24) is 0 Å². The van der Waals surface area contributed by atoms with Gasteiger partial charge >= 0.3 is 0 Å². The van der Waals surface area contributed by atoms with E-state index < -0.39 is 0 Å².